The molecule has 0 spiro atoms. The topological polar surface area (TPSA) is 55.9 Å². The highest BCUT2D eigenvalue weighted by molar-refractivity contribution is 7.87. The van der Waals surface area contributed by atoms with Gasteiger partial charge >= 0.3 is 10.1 Å². The van der Waals surface area contributed by atoms with Crippen molar-refractivity contribution in [1.82, 2.24) is 0 Å². The second kappa shape index (κ2) is 8.01. The van der Waals surface area contributed by atoms with Crippen LogP contribution in [0, 0.1) is 35.5 Å². The SMILES string of the molecule is CCC(C)c1ccc(OS(=O)(=O)C2CCC3C4CCC5CC6OC6CC5C4CCC32)cc1. The Bertz CT molecular complexity index is 941. The van der Waals surface area contributed by atoms with E-state index in [1.807, 2.05) is 24.3 Å². The monoisotopic (exact) mass is 458 g/mol. The van der Waals surface area contributed by atoms with E-state index >= 15 is 0 Å². The van der Waals surface area contributed by atoms with E-state index in [0.29, 0.717) is 29.8 Å². The first-order chi connectivity index (χ1) is 15.4. The second-order valence-corrected chi connectivity index (χ2v) is 13.2. The molecule has 0 aromatic heterocycles. The van der Waals surface area contributed by atoms with Gasteiger partial charge in [0.2, 0.25) is 0 Å². The summed E-state index contributed by atoms with van der Waals surface area (Å²) >= 11 is 0. The molecule has 0 radical (unpaired) electrons. The summed E-state index contributed by atoms with van der Waals surface area (Å²) in [6.07, 6.45) is 11.5. The standard InChI is InChI=1S/C27H38O4S/c1-3-16(2)17-4-7-19(8-5-17)31-32(28,29)27-13-12-21-20-9-6-18-14-25-26(30-25)15-24(18)22(20)10-11-23(21)27/h4-5,7-8,16,18,20-27H,3,6,9-15H2,1-2H3. The lowest BCUT2D eigenvalue weighted by Crippen LogP contribution is -2.46. The zero-order valence-electron chi connectivity index (χ0n) is 19.5. The third kappa shape index (κ3) is 3.62. The van der Waals surface area contributed by atoms with Crippen molar-refractivity contribution in [3.05, 3.63) is 29.8 Å². The minimum absolute atomic E-state index is 0.283. The third-order valence-electron chi connectivity index (χ3n) is 10.1. The second-order valence-electron chi connectivity index (χ2n) is 11.5. The van der Waals surface area contributed by atoms with Crippen LogP contribution in [0.1, 0.15) is 83.1 Å². The minimum Gasteiger partial charge on any atom is -0.382 e. The highest BCUT2D eigenvalue weighted by atomic mass is 32.2. The van der Waals surface area contributed by atoms with Gasteiger partial charge in [0.25, 0.3) is 0 Å². The maximum atomic E-state index is 13.3. The maximum Gasteiger partial charge on any atom is 0.312 e. The van der Waals surface area contributed by atoms with Crippen molar-refractivity contribution in [1.29, 1.82) is 0 Å². The normalized spacial score (nSPS) is 43.4. The van der Waals surface area contributed by atoms with E-state index in [1.54, 1.807) is 0 Å². The van der Waals surface area contributed by atoms with E-state index in [9.17, 15) is 8.42 Å². The Kier molecular flexibility index (Phi) is 5.37. The molecule has 10 atom stereocenters. The molecule has 5 heteroatoms. The molecule has 32 heavy (non-hydrogen) atoms. The summed E-state index contributed by atoms with van der Waals surface area (Å²) in [4.78, 5) is 0. The Balaban J connectivity index is 1.15. The molecule has 0 bridgehead atoms. The maximum absolute atomic E-state index is 13.3. The van der Waals surface area contributed by atoms with Gasteiger partial charge in [0.05, 0.1) is 12.2 Å². The average Bonchev–Trinajstić information content (AvgIpc) is 3.41. The summed E-state index contributed by atoms with van der Waals surface area (Å²) in [7, 11) is -3.61. The fourth-order valence-electron chi connectivity index (χ4n) is 8.30. The van der Waals surface area contributed by atoms with Crippen LogP contribution in [0.15, 0.2) is 24.3 Å². The zero-order valence-corrected chi connectivity index (χ0v) is 20.3. The highest BCUT2D eigenvalue weighted by Crippen LogP contribution is 2.60. The van der Waals surface area contributed by atoms with Gasteiger partial charge in [-0.05, 0) is 117 Å². The molecule has 10 unspecified atom stereocenters. The fraction of sp³-hybridized carbons (Fsp3) is 0.778. The van der Waals surface area contributed by atoms with Crippen LogP contribution in [-0.4, -0.2) is 25.9 Å². The number of rotatable bonds is 5. The van der Waals surface area contributed by atoms with E-state index in [4.69, 9.17) is 8.92 Å². The summed E-state index contributed by atoms with van der Waals surface area (Å²) in [6, 6.07) is 7.69. The summed E-state index contributed by atoms with van der Waals surface area (Å²) in [5, 5.41) is -0.331. The van der Waals surface area contributed by atoms with Gasteiger partial charge in [-0.25, -0.2) is 0 Å². The molecule has 176 valence electrons. The fourth-order valence-corrected chi connectivity index (χ4v) is 9.99. The molecule has 1 aliphatic heterocycles. The largest absolute Gasteiger partial charge is 0.382 e. The van der Waals surface area contributed by atoms with E-state index in [0.717, 1.165) is 49.4 Å². The van der Waals surface area contributed by atoms with E-state index < -0.39 is 10.1 Å². The van der Waals surface area contributed by atoms with Gasteiger partial charge in [0, 0.05) is 0 Å². The highest BCUT2D eigenvalue weighted by Gasteiger charge is 2.57. The summed E-state index contributed by atoms with van der Waals surface area (Å²) < 4.78 is 38.2. The minimum atomic E-state index is -3.61. The van der Waals surface area contributed by atoms with Gasteiger partial charge in [-0.3, -0.25) is 0 Å². The van der Waals surface area contributed by atoms with Crippen molar-refractivity contribution in [3.8, 4) is 5.75 Å². The molecule has 6 rings (SSSR count). The zero-order chi connectivity index (χ0) is 22.0. The lowest BCUT2D eigenvalue weighted by atomic mass is 9.54. The Labute approximate surface area is 193 Å². The van der Waals surface area contributed by atoms with Crippen molar-refractivity contribution in [2.75, 3.05) is 0 Å². The van der Waals surface area contributed by atoms with Crippen LogP contribution in [-0.2, 0) is 14.9 Å². The molecule has 5 fully saturated rings. The molecule has 4 saturated carbocycles. The molecule has 0 amide bonds. The molecule has 1 saturated heterocycles. The number of hydrogen-bond acceptors (Lipinski definition) is 4. The van der Waals surface area contributed by atoms with Gasteiger partial charge < -0.3 is 8.92 Å². The van der Waals surface area contributed by atoms with Gasteiger partial charge in [-0.2, -0.15) is 8.42 Å². The van der Waals surface area contributed by atoms with Crippen LogP contribution in [0.4, 0.5) is 0 Å². The molecule has 0 N–H and O–H groups in total. The van der Waals surface area contributed by atoms with Gasteiger partial charge in [-0.1, -0.05) is 26.0 Å². The van der Waals surface area contributed by atoms with Crippen molar-refractivity contribution in [2.45, 2.75) is 95.0 Å². The molecule has 1 aromatic rings. The predicted octanol–water partition coefficient (Wildman–Crippen LogP) is 5.92. The first-order valence-corrected chi connectivity index (χ1v) is 14.6. The van der Waals surface area contributed by atoms with Crippen molar-refractivity contribution >= 4 is 10.1 Å². The Hall–Kier alpha value is -1.07. The van der Waals surface area contributed by atoms with Crippen molar-refractivity contribution in [3.63, 3.8) is 0 Å². The lowest BCUT2D eigenvalue weighted by molar-refractivity contribution is -0.0129. The summed E-state index contributed by atoms with van der Waals surface area (Å²) in [5.41, 5.74) is 1.23. The number of hydrogen-bond donors (Lipinski definition) is 0. The van der Waals surface area contributed by atoms with Crippen LogP contribution in [0.2, 0.25) is 0 Å². The molecular weight excluding hydrogens is 420 g/mol. The smallest absolute Gasteiger partial charge is 0.312 e. The number of epoxide rings is 1. The van der Waals surface area contributed by atoms with Crippen LogP contribution in [0.3, 0.4) is 0 Å². The van der Waals surface area contributed by atoms with Gasteiger partial charge in [0.1, 0.15) is 11.0 Å². The molecule has 4 aliphatic carbocycles. The molecule has 1 heterocycles. The molecule has 1 aromatic carbocycles. The molecule has 5 aliphatic rings. The number of ether oxygens (including phenoxy) is 1. The Morgan fingerprint density at radius 3 is 2.28 bits per heavy atom. The summed E-state index contributed by atoms with van der Waals surface area (Å²) in [5.74, 6) is 5.01. The molecule has 4 nitrogen and oxygen atoms in total. The summed E-state index contributed by atoms with van der Waals surface area (Å²) in [6.45, 7) is 4.36. The third-order valence-corrected chi connectivity index (χ3v) is 11.9. The van der Waals surface area contributed by atoms with Crippen LogP contribution in [0.5, 0.6) is 5.75 Å². The quantitative estimate of drug-likeness (QED) is 0.406. The number of benzene rings is 1. The first-order valence-electron chi connectivity index (χ1n) is 13.1. The van der Waals surface area contributed by atoms with Crippen LogP contribution < -0.4 is 4.18 Å². The molecular formula is C27H38O4S. The number of fused-ring (bicyclic) bond motifs is 6. The average molecular weight is 459 g/mol. The van der Waals surface area contributed by atoms with E-state index in [-0.39, 0.29) is 11.2 Å². The van der Waals surface area contributed by atoms with Crippen LogP contribution in [0.25, 0.3) is 0 Å². The Morgan fingerprint density at radius 2 is 1.50 bits per heavy atom. The van der Waals surface area contributed by atoms with Crippen molar-refractivity contribution < 1.29 is 17.3 Å². The van der Waals surface area contributed by atoms with E-state index in [1.165, 1.54) is 37.7 Å². The predicted molar refractivity (Wildman–Crippen MR) is 125 cm³/mol. The van der Waals surface area contributed by atoms with Gasteiger partial charge in [-0.15, -0.1) is 0 Å². The first kappa shape index (κ1) is 21.5. The Morgan fingerprint density at radius 1 is 0.875 bits per heavy atom. The van der Waals surface area contributed by atoms with Gasteiger partial charge in [0.15, 0.2) is 0 Å². The van der Waals surface area contributed by atoms with E-state index in [2.05, 4.69) is 13.8 Å². The van der Waals surface area contributed by atoms with Crippen molar-refractivity contribution in [2.24, 2.45) is 35.5 Å². The lowest BCUT2D eigenvalue weighted by Gasteiger charge is -2.51. The van der Waals surface area contributed by atoms with Crippen LogP contribution >= 0.6 is 0 Å².